The Balaban J connectivity index is 2.43. The fourth-order valence-electron chi connectivity index (χ4n) is 2.24. The van der Waals surface area contributed by atoms with Gasteiger partial charge in [0.25, 0.3) is 5.91 Å². The zero-order valence-electron chi connectivity index (χ0n) is 13.5. The van der Waals surface area contributed by atoms with Crippen LogP contribution in [0.5, 0.6) is 0 Å². The van der Waals surface area contributed by atoms with Crippen molar-refractivity contribution in [2.24, 2.45) is 0 Å². The third-order valence-electron chi connectivity index (χ3n) is 3.36. The largest absolute Gasteiger partial charge is 0.433 e. The van der Waals surface area contributed by atoms with Gasteiger partial charge in [0.15, 0.2) is 9.84 Å². The predicted molar refractivity (Wildman–Crippen MR) is 86.2 cm³/mol. The number of pyridine rings is 1. The highest BCUT2D eigenvalue weighted by atomic mass is 32.2. The molecule has 0 atom stereocenters. The third kappa shape index (κ3) is 4.18. The highest BCUT2D eigenvalue weighted by Gasteiger charge is 2.34. The van der Waals surface area contributed by atoms with Crippen molar-refractivity contribution in [2.75, 3.05) is 11.6 Å². The average molecular weight is 383 g/mol. The third-order valence-corrected chi connectivity index (χ3v) is 4.51. The van der Waals surface area contributed by atoms with Gasteiger partial charge in [0.2, 0.25) is 0 Å². The van der Waals surface area contributed by atoms with Gasteiger partial charge in [-0.3, -0.25) is 4.79 Å². The molecule has 26 heavy (non-hydrogen) atoms. The van der Waals surface area contributed by atoms with E-state index in [1.165, 1.54) is 13.0 Å². The van der Waals surface area contributed by atoms with E-state index in [1.54, 1.807) is 6.07 Å². The lowest BCUT2D eigenvalue weighted by molar-refractivity contribution is -0.141. The summed E-state index contributed by atoms with van der Waals surface area (Å²) in [4.78, 5) is 15.4. The first-order chi connectivity index (χ1) is 11.9. The fourth-order valence-corrected chi connectivity index (χ4v) is 3.10. The van der Waals surface area contributed by atoms with Crippen molar-refractivity contribution in [3.63, 3.8) is 0 Å². The monoisotopic (exact) mass is 383 g/mol. The molecule has 0 spiro atoms. The lowest BCUT2D eigenvalue weighted by Crippen LogP contribution is -2.17. The number of benzene rings is 1. The Labute approximate surface area is 147 Å². The number of hydrogen-bond donors (Lipinski definition) is 1. The van der Waals surface area contributed by atoms with Gasteiger partial charge in [-0.1, -0.05) is 0 Å². The Morgan fingerprint density at radius 3 is 2.42 bits per heavy atom. The first kappa shape index (κ1) is 19.4. The maximum absolute atomic E-state index is 12.7. The number of nitriles is 1. The molecule has 136 valence electrons. The SMILES string of the molecule is Cc1cc(NC(=O)c2cc(C#N)ccc2S(C)(=O)=O)cnc1C(F)(F)F. The number of amides is 1. The van der Waals surface area contributed by atoms with Crippen LogP contribution < -0.4 is 5.32 Å². The number of hydrogen-bond acceptors (Lipinski definition) is 5. The standard InChI is InChI=1S/C16H12F3N3O3S/c1-9-5-11(8-21-14(9)16(17,18)19)22-15(23)12-6-10(7-20)3-4-13(12)26(2,24)25/h3-6,8H,1-2H3,(H,22,23). The molecule has 0 unspecified atom stereocenters. The number of halogens is 3. The van der Waals surface area contributed by atoms with Gasteiger partial charge < -0.3 is 5.32 Å². The quantitative estimate of drug-likeness (QED) is 0.878. The molecule has 1 aromatic carbocycles. The van der Waals surface area contributed by atoms with E-state index in [1.807, 2.05) is 0 Å². The molecule has 0 bridgehead atoms. The Morgan fingerprint density at radius 1 is 1.27 bits per heavy atom. The van der Waals surface area contributed by atoms with E-state index < -0.39 is 27.6 Å². The van der Waals surface area contributed by atoms with E-state index in [0.717, 1.165) is 30.7 Å². The Bertz CT molecular complexity index is 1030. The van der Waals surface area contributed by atoms with Crippen molar-refractivity contribution in [3.8, 4) is 6.07 Å². The Hall–Kier alpha value is -2.93. The lowest BCUT2D eigenvalue weighted by Gasteiger charge is -2.12. The van der Waals surface area contributed by atoms with Crippen LogP contribution in [0.1, 0.15) is 27.2 Å². The van der Waals surface area contributed by atoms with Crippen LogP contribution >= 0.6 is 0 Å². The van der Waals surface area contributed by atoms with Crippen LogP contribution in [-0.2, 0) is 16.0 Å². The molecule has 0 saturated carbocycles. The molecule has 2 aromatic rings. The second-order valence-electron chi connectivity index (χ2n) is 5.44. The van der Waals surface area contributed by atoms with Crippen LogP contribution in [0.25, 0.3) is 0 Å². The molecular weight excluding hydrogens is 371 g/mol. The van der Waals surface area contributed by atoms with Gasteiger partial charge in [-0.25, -0.2) is 13.4 Å². The number of rotatable bonds is 3. The zero-order chi connectivity index (χ0) is 19.7. The molecule has 10 heteroatoms. The van der Waals surface area contributed by atoms with Crippen molar-refractivity contribution < 1.29 is 26.4 Å². The summed E-state index contributed by atoms with van der Waals surface area (Å²) in [5, 5.41) is 11.2. The summed E-state index contributed by atoms with van der Waals surface area (Å²) in [6.45, 7) is 1.18. The van der Waals surface area contributed by atoms with E-state index in [-0.39, 0.29) is 27.3 Å². The summed E-state index contributed by atoms with van der Waals surface area (Å²) in [6.07, 6.45) is -2.91. The smallest absolute Gasteiger partial charge is 0.321 e. The molecule has 0 radical (unpaired) electrons. The van der Waals surface area contributed by atoms with Gasteiger partial charge in [0.1, 0.15) is 5.69 Å². The lowest BCUT2D eigenvalue weighted by atomic mass is 10.1. The van der Waals surface area contributed by atoms with Crippen LogP contribution in [-0.4, -0.2) is 25.6 Å². The summed E-state index contributed by atoms with van der Waals surface area (Å²) in [5.74, 6) is -0.886. The number of alkyl halides is 3. The van der Waals surface area contributed by atoms with Crippen molar-refractivity contribution in [1.29, 1.82) is 5.26 Å². The van der Waals surface area contributed by atoms with Crippen LogP contribution in [0.3, 0.4) is 0 Å². The highest BCUT2D eigenvalue weighted by molar-refractivity contribution is 7.90. The molecule has 0 aliphatic carbocycles. The van der Waals surface area contributed by atoms with E-state index >= 15 is 0 Å². The van der Waals surface area contributed by atoms with Crippen LogP contribution in [0.2, 0.25) is 0 Å². The average Bonchev–Trinajstić information content (AvgIpc) is 2.52. The van der Waals surface area contributed by atoms with E-state index in [4.69, 9.17) is 5.26 Å². The van der Waals surface area contributed by atoms with Crippen LogP contribution in [0.4, 0.5) is 18.9 Å². The van der Waals surface area contributed by atoms with Gasteiger partial charge in [0, 0.05) is 6.26 Å². The van der Waals surface area contributed by atoms with Crippen LogP contribution in [0.15, 0.2) is 35.4 Å². The van der Waals surface area contributed by atoms with Gasteiger partial charge >= 0.3 is 6.18 Å². The summed E-state index contributed by atoms with van der Waals surface area (Å²) in [6, 6.07) is 6.32. The normalized spacial score (nSPS) is 11.7. The molecule has 0 aliphatic heterocycles. The fraction of sp³-hybridized carbons (Fsp3) is 0.188. The van der Waals surface area contributed by atoms with Gasteiger partial charge in [-0.05, 0) is 36.8 Å². The molecule has 1 N–H and O–H groups in total. The molecule has 0 aliphatic rings. The van der Waals surface area contributed by atoms with Crippen molar-refractivity contribution >= 4 is 21.4 Å². The number of aryl methyl sites for hydroxylation is 1. The first-order valence-corrected chi connectivity index (χ1v) is 8.92. The number of nitrogens with one attached hydrogen (secondary N) is 1. The summed E-state index contributed by atoms with van der Waals surface area (Å²) in [7, 11) is -3.76. The van der Waals surface area contributed by atoms with Crippen LogP contribution in [0, 0.1) is 18.3 Å². The van der Waals surface area contributed by atoms with Crippen molar-refractivity contribution in [2.45, 2.75) is 18.0 Å². The topological polar surface area (TPSA) is 99.9 Å². The van der Waals surface area contributed by atoms with E-state index in [0.29, 0.717) is 0 Å². The minimum atomic E-state index is -4.63. The maximum atomic E-state index is 12.7. The van der Waals surface area contributed by atoms with Crippen molar-refractivity contribution in [3.05, 3.63) is 52.8 Å². The first-order valence-electron chi connectivity index (χ1n) is 7.03. The number of anilines is 1. The second kappa shape index (κ2) is 6.76. The minimum Gasteiger partial charge on any atom is -0.321 e. The molecular formula is C16H12F3N3O3S. The summed E-state index contributed by atoms with van der Waals surface area (Å²) < 4.78 is 61.8. The molecule has 1 heterocycles. The Kier molecular flexibility index (Phi) is 5.04. The second-order valence-corrected chi connectivity index (χ2v) is 7.42. The molecule has 6 nitrogen and oxygen atoms in total. The summed E-state index contributed by atoms with van der Waals surface area (Å²) in [5.41, 5.74) is -1.56. The molecule has 0 fully saturated rings. The molecule has 2 rings (SSSR count). The number of carbonyl (C=O) groups excluding carboxylic acids is 1. The van der Waals surface area contributed by atoms with Gasteiger partial charge in [-0.15, -0.1) is 0 Å². The Morgan fingerprint density at radius 2 is 1.92 bits per heavy atom. The molecule has 1 aromatic heterocycles. The minimum absolute atomic E-state index is 0.0395. The number of sulfone groups is 1. The van der Waals surface area contributed by atoms with E-state index in [2.05, 4.69) is 10.3 Å². The maximum Gasteiger partial charge on any atom is 0.433 e. The summed E-state index contributed by atoms with van der Waals surface area (Å²) >= 11 is 0. The predicted octanol–water partition coefficient (Wildman–Crippen LogP) is 2.94. The zero-order valence-corrected chi connectivity index (χ0v) is 14.4. The van der Waals surface area contributed by atoms with E-state index in [9.17, 15) is 26.4 Å². The molecule has 0 saturated heterocycles. The van der Waals surface area contributed by atoms with Gasteiger partial charge in [-0.2, -0.15) is 18.4 Å². The number of carbonyl (C=O) groups is 1. The van der Waals surface area contributed by atoms with Gasteiger partial charge in [0.05, 0.1) is 34.0 Å². The number of nitrogens with zero attached hydrogens (tertiary/aromatic N) is 2. The number of aromatic nitrogens is 1. The highest BCUT2D eigenvalue weighted by Crippen LogP contribution is 2.31. The van der Waals surface area contributed by atoms with Crippen molar-refractivity contribution in [1.82, 2.24) is 4.98 Å². The molecule has 1 amide bonds.